The molecule has 0 aliphatic heterocycles. The van der Waals surface area contributed by atoms with E-state index in [0.717, 1.165) is 6.42 Å². The lowest BCUT2D eigenvalue weighted by Gasteiger charge is -2.07. The quantitative estimate of drug-likeness (QED) is 0.708. The smallest absolute Gasteiger partial charge is 0.306 e. The summed E-state index contributed by atoms with van der Waals surface area (Å²) in [6.07, 6.45) is 1.20. The first-order chi connectivity index (χ1) is 7.08. The summed E-state index contributed by atoms with van der Waals surface area (Å²) in [4.78, 5) is 11.3. The zero-order chi connectivity index (χ0) is 11.3. The maximum atomic E-state index is 11.3. The number of carbonyl (C=O) groups is 1. The van der Waals surface area contributed by atoms with Crippen LogP contribution < -0.4 is 0 Å². The molecule has 0 atom stereocenters. The van der Waals surface area contributed by atoms with E-state index in [1.165, 1.54) is 11.1 Å². The van der Waals surface area contributed by atoms with Crippen molar-refractivity contribution >= 4 is 5.97 Å². The summed E-state index contributed by atoms with van der Waals surface area (Å²) < 4.78 is 5.06. The Morgan fingerprint density at radius 1 is 1.27 bits per heavy atom. The normalized spacial score (nSPS) is 10.4. The summed E-state index contributed by atoms with van der Waals surface area (Å²) >= 11 is 0. The minimum atomic E-state index is -0.120. The molecule has 0 amide bonds. The molecule has 0 saturated carbocycles. The highest BCUT2D eigenvalue weighted by Gasteiger charge is 2.05. The lowest BCUT2D eigenvalue weighted by molar-refractivity contribution is -0.147. The lowest BCUT2D eigenvalue weighted by atomic mass is 10.1. The minimum absolute atomic E-state index is 0.0180. The Labute approximate surface area is 91.3 Å². The van der Waals surface area contributed by atoms with Crippen LogP contribution in [0.2, 0.25) is 0 Å². The number of hydrogen-bond donors (Lipinski definition) is 0. The SMILES string of the molecule is Cc1ccc(CCC(=O)OC(C)C)cc1. The average molecular weight is 206 g/mol. The maximum Gasteiger partial charge on any atom is 0.306 e. The second kappa shape index (κ2) is 5.54. The van der Waals surface area contributed by atoms with Crippen molar-refractivity contribution in [3.05, 3.63) is 35.4 Å². The van der Waals surface area contributed by atoms with Gasteiger partial charge in [0.2, 0.25) is 0 Å². The van der Waals surface area contributed by atoms with Crippen LogP contribution in [0, 0.1) is 6.92 Å². The van der Waals surface area contributed by atoms with Crippen molar-refractivity contribution in [2.45, 2.75) is 39.7 Å². The standard InChI is InChI=1S/C13H18O2/c1-10(2)15-13(14)9-8-12-6-4-11(3)5-7-12/h4-7,10H,8-9H2,1-3H3. The molecule has 1 aromatic carbocycles. The van der Waals surface area contributed by atoms with Crippen LogP contribution in [0.5, 0.6) is 0 Å². The van der Waals surface area contributed by atoms with Gasteiger partial charge >= 0.3 is 5.97 Å². The van der Waals surface area contributed by atoms with Gasteiger partial charge in [-0.2, -0.15) is 0 Å². The van der Waals surface area contributed by atoms with Gasteiger partial charge in [-0.1, -0.05) is 29.8 Å². The third-order valence-corrected chi connectivity index (χ3v) is 2.11. The van der Waals surface area contributed by atoms with E-state index < -0.39 is 0 Å². The highest BCUT2D eigenvalue weighted by molar-refractivity contribution is 5.69. The van der Waals surface area contributed by atoms with E-state index in [1.807, 2.05) is 13.8 Å². The van der Waals surface area contributed by atoms with Gasteiger partial charge in [-0.3, -0.25) is 4.79 Å². The summed E-state index contributed by atoms with van der Waals surface area (Å²) in [6, 6.07) is 8.22. The number of esters is 1. The number of rotatable bonds is 4. The Kier molecular flexibility index (Phi) is 4.35. The van der Waals surface area contributed by atoms with Gasteiger partial charge in [0.05, 0.1) is 6.10 Å². The van der Waals surface area contributed by atoms with Crippen LogP contribution in [0.3, 0.4) is 0 Å². The first-order valence-electron chi connectivity index (χ1n) is 5.33. The van der Waals surface area contributed by atoms with Crippen LogP contribution in [-0.4, -0.2) is 12.1 Å². The zero-order valence-corrected chi connectivity index (χ0v) is 9.62. The third-order valence-electron chi connectivity index (χ3n) is 2.11. The molecule has 0 aliphatic carbocycles. The van der Waals surface area contributed by atoms with Gasteiger partial charge in [-0.05, 0) is 32.8 Å². The van der Waals surface area contributed by atoms with Gasteiger partial charge in [0.1, 0.15) is 0 Å². The Morgan fingerprint density at radius 3 is 2.40 bits per heavy atom. The number of hydrogen-bond acceptors (Lipinski definition) is 2. The molecule has 15 heavy (non-hydrogen) atoms. The summed E-state index contributed by atoms with van der Waals surface area (Å²) in [5.41, 5.74) is 2.42. The molecule has 82 valence electrons. The van der Waals surface area contributed by atoms with Gasteiger partial charge in [-0.15, -0.1) is 0 Å². The molecule has 1 aromatic rings. The first kappa shape index (κ1) is 11.8. The number of ether oxygens (including phenoxy) is 1. The van der Waals surface area contributed by atoms with Crippen LogP contribution in [0.4, 0.5) is 0 Å². The van der Waals surface area contributed by atoms with E-state index in [1.54, 1.807) is 0 Å². The topological polar surface area (TPSA) is 26.3 Å². The lowest BCUT2D eigenvalue weighted by Crippen LogP contribution is -2.11. The van der Waals surface area contributed by atoms with Gasteiger partial charge < -0.3 is 4.74 Å². The Morgan fingerprint density at radius 2 is 1.87 bits per heavy atom. The molecule has 0 bridgehead atoms. The Hall–Kier alpha value is -1.31. The van der Waals surface area contributed by atoms with Crippen molar-refractivity contribution in [3.63, 3.8) is 0 Å². The average Bonchev–Trinajstić information content (AvgIpc) is 2.16. The predicted octanol–water partition coefficient (Wildman–Crippen LogP) is 2.88. The van der Waals surface area contributed by atoms with Gasteiger partial charge in [0.25, 0.3) is 0 Å². The molecule has 0 fully saturated rings. The number of aryl methyl sites for hydroxylation is 2. The van der Waals surface area contributed by atoms with Crippen LogP contribution >= 0.6 is 0 Å². The Bertz CT molecular complexity index is 312. The summed E-state index contributed by atoms with van der Waals surface area (Å²) in [6.45, 7) is 5.78. The molecule has 0 aromatic heterocycles. The predicted molar refractivity (Wildman–Crippen MR) is 60.7 cm³/mol. The molecule has 1 rings (SSSR count). The second-order valence-corrected chi connectivity index (χ2v) is 4.02. The van der Waals surface area contributed by atoms with E-state index in [9.17, 15) is 4.79 Å². The van der Waals surface area contributed by atoms with Crippen molar-refractivity contribution in [1.82, 2.24) is 0 Å². The largest absolute Gasteiger partial charge is 0.463 e. The summed E-state index contributed by atoms with van der Waals surface area (Å²) in [5, 5.41) is 0. The van der Waals surface area contributed by atoms with Crippen molar-refractivity contribution in [3.8, 4) is 0 Å². The molecule has 0 radical (unpaired) electrons. The molecule has 0 spiro atoms. The van der Waals surface area contributed by atoms with Crippen LogP contribution in [0.15, 0.2) is 24.3 Å². The molecule has 0 unspecified atom stereocenters. The molecule has 2 heteroatoms. The van der Waals surface area contributed by atoms with E-state index in [0.29, 0.717) is 6.42 Å². The summed E-state index contributed by atoms with van der Waals surface area (Å²) in [5.74, 6) is -0.120. The van der Waals surface area contributed by atoms with Crippen molar-refractivity contribution in [2.75, 3.05) is 0 Å². The Balaban J connectivity index is 2.37. The van der Waals surface area contributed by atoms with E-state index in [2.05, 4.69) is 31.2 Å². The fourth-order valence-corrected chi connectivity index (χ4v) is 1.32. The highest BCUT2D eigenvalue weighted by Crippen LogP contribution is 2.06. The molecular weight excluding hydrogens is 188 g/mol. The third kappa shape index (κ3) is 4.63. The zero-order valence-electron chi connectivity index (χ0n) is 9.62. The maximum absolute atomic E-state index is 11.3. The van der Waals surface area contributed by atoms with Crippen LogP contribution in [0.1, 0.15) is 31.4 Å². The van der Waals surface area contributed by atoms with Gasteiger partial charge in [-0.25, -0.2) is 0 Å². The van der Waals surface area contributed by atoms with Crippen molar-refractivity contribution in [1.29, 1.82) is 0 Å². The number of benzene rings is 1. The number of carbonyl (C=O) groups excluding carboxylic acids is 1. The highest BCUT2D eigenvalue weighted by atomic mass is 16.5. The molecule has 0 aliphatic rings. The first-order valence-corrected chi connectivity index (χ1v) is 5.33. The summed E-state index contributed by atoms with van der Waals surface area (Å²) in [7, 11) is 0. The fraction of sp³-hybridized carbons (Fsp3) is 0.462. The monoisotopic (exact) mass is 206 g/mol. The van der Waals surface area contributed by atoms with Crippen molar-refractivity contribution < 1.29 is 9.53 Å². The van der Waals surface area contributed by atoms with Crippen molar-refractivity contribution in [2.24, 2.45) is 0 Å². The van der Waals surface area contributed by atoms with Gasteiger partial charge in [0, 0.05) is 6.42 Å². The molecular formula is C13H18O2. The fourth-order valence-electron chi connectivity index (χ4n) is 1.32. The van der Waals surface area contributed by atoms with E-state index in [4.69, 9.17) is 4.74 Å². The molecule has 0 N–H and O–H groups in total. The molecule has 0 heterocycles. The minimum Gasteiger partial charge on any atom is -0.463 e. The second-order valence-electron chi connectivity index (χ2n) is 4.02. The molecule has 2 nitrogen and oxygen atoms in total. The molecule has 0 saturated heterocycles. The van der Waals surface area contributed by atoms with E-state index in [-0.39, 0.29) is 12.1 Å². The van der Waals surface area contributed by atoms with Crippen LogP contribution in [0.25, 0.3) is 0 Å². The van der Waals surface area contributed by atoms with E-state index >= 15 is 0 Å². The van der Waals surface area contributed by atoms with Crippen LogP contribution in [-0.2, 0) is 16.0 Å². The van der Waals surface area contributed by atoms with Gasteiger partial charge in [0.15, 0.2) is 0 Å².